The number of aliphatic hydroxyl groups is 1. The summed E-state index contributed by atoms with van der Waals surface area (Å²) >= 11 is 0. The molecule has 2 heterocycles. The molecule has 3 atom stereocenters. The third-order valence-electron chi connectivity index (χ3n) is 4.96. The third kappa shape index (κ3) is 1.67. The highest BCUT2D eigenvalue weighted by molar-refractivity contribution is 5.48. The maximum atomic E-state index is 11.3. The molecule has 4 nitrogen and oxygen atoms in total. The number of hydrogen-bond donors (Lipinski definition) is 2. The van der Waals surface area contributed by atoms with Crippen molar-refractivity contribution in [2.24, 2.45) is 5.92 Å². The molecule has 1 aromatic rings. The van der Waals surface area contributed by atoms with E-state index in [1.54, 1.807) is 0 Å². The number of rotatable bonds is 1. The fraction of sp³-hybridized carbons (Fsp3) is 0.562. The van der Waals surface area contributed by atoms with Crippen LogP contribution in [-0.2, 0) is 5.41 Å². The van der Waals surface area contributed by atoms with Gasteiger partial charge in [0.15, 0.2) is 0 Å². The van der Waals surface area contributed by atoms with Crippen LogP contribution in [0.5, 0.6) is 5.75 Å². The molecule has 2 aliphatic rings. The van der Waals surface area contributed by atoms with Gasteiger partial charge in [-0.3, -0.25) is 0 Å². The van der Waals surface area contributed by atoms with Crippen LogP contribution in [0.3, 0.4) is 0 Å². The number of ether oxygens (including phenoxy) is 1. The number of nitriles is 1. The Bertz CT molecular complexity index is 554. The molecule has 0 amide bonds. The van der Waals surface area contributed by atoms with Crippen molar-refractivity contribution in [1.82, 2.24) is 5.32 Å². The van der Waals surface area contributed by atoms with Crippen LogP contribution >= 0.6 is 0 Å². The number of nitrogens with one attached hydrogen (secondary N) is 1. The number of benzene rings is 1. The summed E-state index contributed by atoms with van der Waals surface area (Å²) in [7, 11) is 0. The van der Waals surface area contributed by atoms with E-state index >= 15 is 0 Å². The Morgan fingerprint density at radius 1 is 1.40 bits per heavy atom. The van der Waals surface area contributed by atoms with Gasteiger partial charge in [-0.25, -0.2) is 0 Å². The first kappa shape index (κ1) is 13.4. The van der Waals surface area contributed by atoms with E-state index in [2.05, 4.69) is 11.4 Å². The van der Waals surface area contributed by atoms with E-state index in [9.17, 15) is 10.4 Å². The van der Waals surface area contributed by atoms with Crippen LogP contribution in [0.2, 0.25) is 0 Å². The Balaban J connectivity index is 2.16. The highest BCUT2D eigenvalue weighted by atomic mass is 16.5. The van der Waals surface area contributed by atoms with Gasteiger partial charge in [0.05, 0.1) is 18.3 Å². The Hall–Kier alpha value is -1.57. The zero-order chi connectivity index (χ0) is 14.2. The van der Waals surface area contributed by atoms with Gasteiger partial charge in [-0.05, 0) is 24.9 Å². The van der Waals surface area contributed by atoms with Crippen LogP contribution in [-0.4, -0.2) is 30.4 Å². The van der Waals surface area contributed by atoms with E-state index in [-0.39, 0.29) is 5.92 Å². The SMILES string of the molecule is CC1CNCCC1(O)C1(C#N)CCOc2ccccc21. The van der Waals surface area contributed by atoms with Crippen molar-refractivity contribution in [3.63, 3.8) is 0 Å². The van der Waals surface area contributed by atoms with E-state index < -0.39 is 11.0 Å². The third-order valence-corrected chi connectivity index (χ3v) is 4.96. The first-order chi connectivity index (χ1) is 9.64. The summed E-state index contributed by atoms with van der Waals surface area (Å²) in [6.07, 6.45) is 1.14. The quantitative estimate of drug-likeness (QED) is 0.815. The van der Waals surface area contributed by atoms with Crippen LogP contribution in [0.4, 0.5) is 0 Å². The maximum Gasteiger partial charge on any atom is 0.124 e. The molecule has 1 fully saturated rings. The lowest BCUT2D eigenvalue weighted by Gasteiger charge is -2.50. The van der Waals surface area contributed by atoms with E-state index in [1.807, 2.05) is 31.2 Å². The Labute approximate surface area is 119 Å². The summed E-state index contributed by atoms with van der Waals surface area (Å²) in [6, 6.07) is 10.1. The molecule has 20 heavy (non-hydrogen) atoms. The zero-order valence-corrected chi connectivity index (χ0v) is 11.7. The summed E-state index contributed by atoms with van der Waals surface area (Å²) < 4.78 is 5.67. The molecule has 3 rings (SSSR count). The monoisotopic (exact) mass is 272 g/mol. The van der Waals surface area contributed by atoms with E-state index in [0.717, 1.165) is 24.4 Å². The molecule has 1 aromatic carbocycles. The van der Waals surface area contributed by atoms with Crippen molar-refractivity contribution in [3.05, 3.63) is 29.8 Å². The predicted molar refractivity (Wildman–Crippen MR) is 75.4 cm³/mol. The Kier molecular flexibility index (Phi) is 3.19. The lowest BCUT2D eigenvalue weighted by atomic mass is 9.58. The summed E-state index contributed by atoms with van der Waals surface area (Å²) in [4.78, 5) is 0. The molecule has 4 heteroatoms. The molecule has 0 spiro atoms. The average Bonchev–Trinajstić information content (AvgIpc) is 2.49. The molecular formula is C16H20N2O2. The van der Waals surface area contributed by atoms with Crippen LogP contribution in [0, 0.1) is 17.2 Å². The van der Waals surface area contributed by atoms with Crippen molar-refractivity contribution in [1.29, 1.82) is 5.26 Å². The van der Waals surface area contributed by atoms with Gasteiger partial charge in [0.2, 0.25) is 0 Å². The van der Waals surface area contributed by atoms with Crippen LogP contribution in [0.15, 0.2) is 24.3 Å². The van der Waals surface area contributed by atoms with Gasteiger partial charge in [-0.15, -0.1) is 0 Å². The number of piperidine rings is 1. The van der Waals surface area contributed by atoms with Gasteiger partial charge < -0.3 is 15.2 Å². The molecule has 0 aliphatic carbocycles. The molecule has 2 aliphatic heterocycles. The van der Waals surface area contributed by atoms with E-state index in [1.165, 1.54) is 0 Å². The Morgan fingerprint density at radius 2 is 2.20 bits per heavy atom. The van der Waals surface area contributed by atoms with E-state index in [4.69, 9.17) is 4.74 Å². The fourth-order valence-corrected chi connectivity index (χ4v) is 3.70. The van der Waals surface area contributed by atoms with Crippen LogP contribution < -0.4 is 10.1 Å². The molecule has 0 aromatic heterocycles. The second kappa shape index (κ2) is 4.76. The summed E-state index contributed by atoms with van der Waals surface area (Å²) in [6.45, 7) is 3.98. The summed E-state index contributed by atoms with van der Waals surface area (Å²) in [5, 5.41) is 24.6. The first-order valence-electron chi connectivity index (χ1n) is 7.21. The normalized spacial score (nSPS) is 36.5. The fourth-order valence-electron chi connectivity index (χ4n) is 3.70. The van der Waals surface area contributed by atoms with Crippen molar-refractivity contribution >= 4 is 0 Å². The van der Waals surface area contributed by atoms with Crippen molar-refractivity contribution in [2.75, 3.05) is 19.7 Å². The Morgan fingerprint density at radius 3 is 2.95 bits per heavy atom. The smallest absolute Gasteiger partial charge is 0.124 e. The van der Waals surface area contributed by atoms with Crippen LogP contribution in [0.1, 0.15) is 25.3 Å². The highest BCUT2D eigenvalue weighted by Crippen LogP contribution is 2.50. The number of para-hydroxylation sites is 1. The minimum atomic E-state index is -1.01. The summed E-state index contributed by atoms with van der Waals surface area (Å²) in [5.74, 6) is 0.765. The van der Waals surface area contributed by atoms with Crippen molar-refractivity contribution in [3.8, 4) is 11.8 Å². The zero-order valence-electron chi connectivity index (χ0n) is 11.7. The first-order valence-corrected chi connectivity index (χ1v) is 7.21. The standard InChI is InChI=1S/C16H20N2O2/c1-12-10-18-8-6-16(12,19)15(11-17)7-9-20-14-5-3-2-4-13(14)15/h2-5,12,18-19H,6-10H2,1H3. The number of hydrogen-bond acceptors (Lipinski definition) is 4. The summed E-state index contributed by atoms with van der Waals surface area (Å²) in [5.41, 5.74) is -1.04. The van der Waals surface area contributed by atoms with Gasteiger partial charge in [-0.1, -0.05) is 25.1 Å². The lowest BCUT2D eigenvalue weighted by Crippen LogP contribution is -2.62. The number of nitrogens with zero attached hydrogens (tertiary/aromatic N) is 1. The van der Waals surface area contributed by atoms with Gasteiger partial charge in [0.1, 0.15) is 11.2 Å². The lowest BCUT2D eigenvalue weighted by molar-refractivity contribution is -0.0910. The van der Waals surface area contributed by atoms with Crippen LogP contribution in [0.25, 0.3) is 0 Å². The maximum absolute atomic E-state index is 11.3. The highest BCUT2D eigenvalue weighted by Gasteiger charge is 2.57. The topological polar surface area (TPSA) is 65.3 Å². The minimum Gasteiger partial charge on any atom is -0.493 e. The second-order valence-corrected chi connectivity index (χ2v) is 5.89. The van der Waals surface area contributed by atoms with Crippen molar-refractivity contribution < 1.29 is 9.84 Å². The molecule has 0 bridgehead atoms. The van der Waals surface area contributed by atoms with Gasteiger partial charge in [0, 0.05) is 18.5 Å². The largest absolute Gasteiger partial charge is 0.493 e. The molecular weight excluding hydrogens is 252 g/mol. The molecule has 0 radical (unpaired) electrons. The predicted octanol–water partition coefficient (Wildman–Crippen LogP) is 1.59. The van der Waals surface area contributed by atoms with E-state index in [0.29, 0.717) is 19.4 Å². The molecule has 0 saturated carbocycles. The second-order valence-electron chi connectivity index (χ2n) is 5.89. The molecule has 1 saturated heterocycles. The number of fused-ring (bicyclic) bond motifs is 1. The molecule has 3 unspecified atom stereocenters. The average molecular weight is 272 g/mol. The molecule has 2 N–H and O–H groups in total. The van der Waals surface area contributed by atoms with Gasteiger partial charge in [0.25, 0.3) is 0 Å². The van der Waals surface area contributed by atoms with Crippen molar-refractivity contribution in [2.45, 2.75) is 30.8 Å². The molecule has 106 valence electrons. The minimum absolute atomic E-state index is 0.0297. The van der Waals surface area contributed by atoms with Gasteiger partial charge in [-0.2, -0.15) is 5.26 Å². The van der Waals surface area contributed by atoms with Gasteiger partial charge >= 0.3 is 0 Å².